The van der Waals surface area contributed by atoms with Gasteiger partial charge in [0.05, 0.1) is 0 Å². The molecule has 1 heteroatoms. The molecule has 194 valence electrons. The minimum atomic E-state index is -0.902. The van der Waals surface area contributed by atoms with Crippen molar-refractivity contribution in [3.63, 3.8) is 0 Å². The summed E-state index contributed by atoms with van der Waals surface area (Å²) < 4.78 is 0. The maximum absolute atomic E-state index is 2.35. The highest BCUT2D eigenvalue weighted by atomic mass is 31.1. The zero-order chi connectivity index (χ0) is 27.5. The Labute approximate surface area is 239 Å². The lowest BCUT2D eigenvalue weighted by atomic mass is 10.0. The largest absolute Gasteiger partial charge is 0.0616 e. The third kappa shape index (κ3) is 5.29. The van der Waals surface area contributed by atoms with Crippen LogP contribution in [0.5, 0.6) is 0 Å². The normalized spacial score (nSPS) is 11.1. The van der Waals surface area contributed by atoms with Gasteiger partial charge in [0.2, 0.25) is 0 Å². The highest BCUT2D eigenvalue weighted by Gasteiger charge is 2.25. The van der Waals surface area contributed by atoms with Gasteiger partial charge in [-0.25, -0.2) is 0 Å². The Morgan fingerprint density at radius 3 is 0.825 bits per heavy atom. The first-order valence-electron chi connectivity index (χ1n) is 13.9. The third-order valence-electron chi connectivity index (χ3n) is 7.52. The lowest BCUT2D eigenvalue weighted by molar-refractivity contribution is 1.47. The average Bonchev–Trinajstić information content (AvgIpc) is 3.00. The van der Waals surface area contributed by atoms with Crippen LogP contribution in [0.15, 0.2) is 146 Å². The summed E-state index contributed by atoms with van der Waals surface area (Å²) in [6.07, 6.45) is 0. The molecule has 0 heterocycles. The highest BCUT2D eigenvalue weighted by molar-refractivity contribution is 7.80. The predicted octanol–water partition coefficient (Wildman–Crippen LogP) is 9.37. The van der Waals surface area contributed by atoms with Gasteiger partial charge in [0, 0.05) is 0 Å². The van der Waals surface area contributed by atoms with Crippen LogP contribution in [-0.2, 0) is 0 Å². The van der Waals surface area contributed by atoms with Gasteiger partial charge in [-0.3, -0.25) is 0 Å². The first-order chi connectivity index (χ1) is 19.6. The summed E-state index contributed by atoms with van der Waals surface area (Å²) in [4.78, 5) is 0. The molecular formula is C39H33P. The van der Waals surface area contributed by atoms with Gasteiger partial charge in [0.25, 0.3) is 0 Å². The van der Waals surface area contributed by atoms with Crippen LogP contribution in [0.3, 0.4) is 0 Å². The highest BCUT2D eigenvalue weighted by Crippen LogP contribution is 2.43. The Kier molecular flexibility index (Phi) is 7.45. The summed E-state index contributed by atoms with van der Waals surface area (Å²) in [5.74, 6) is 0. The average molecular weight is 533 g/mol. The molecule has 0 aliphatic rings. The Morgan fingerprint density at radius 2 is 0.550 bits per heavy atom. The van der Waals surface area contributed by atoms with E-state index >= 15 is 0 Å². The van der Waals surface area contributed by atoms with Crippen LogP contribution < -0.4 is 15.9 Å². The molecule has 40 heavy (non-hydrogen) atoms. The second-order valence-corrected chi connectivity index (χ2v) is 12.6. The first kappa shape index (κ1) is 26.0. The van der Waals surface area contributed by atoms with E-state index < -0.39 is 7.92 Å². The summed E-state index contributed by atoms with van der Waals surface area (Å²) in [5, 5.41) is 4.13. The van der Waals surface area contributed by atoms with Crippen molar-refractivity contribution < 1.29 is 0 Å². The van der Waals surface area contributed by atoms with E-state index in [1.807, 2.05) is 0 Å². The maximum Gasteiger partial charge on any atom is -0.00722 e. The standard InChI is InChI=1S/C39H33P/c1-28-16-22-31(23-17-28)34-10-4-7-13-37(34)40(38-14-8-5-11-35(38)32-24-18-29(2)19-25-32)39-15-9-6-12-36(39)33-26-20-30(3)21-27-33/h4-27H,1-3H3. The van der Waals surface area contributed by atoms with E-state index in [2.05, 4.69) is 166 Å². The molecule has 0 fully saturated rings. The molecule has 0 radical (unpaired) electrons. The fourth-order valence-corrected chi connectivity index (χ4v) is 8.14. The number of rotatable bonds is 6. The van der Waals surface area contributed by atoms with E-state index in [4.69, 9.17) is 0 Å². The van der Waals surface area contributed by atoms with Crippen molar-refractivity contribution in [1.29, 1.82) is 0 Å². The molecule has 0 nitrogen and oxygen atoms in total. The second-order valence-electron chi connectivity index (χ2n) is 10.5. The molecule has 6 aromatic carbocycles. The molecule has 0 unspecified atom stereocenters. The molecule has 0 spiro atoms. The van der Waals surface area contributed by atoms with Crippen LogP contribution in [0.4, 0.5) is 0 Å². The van der Waals surface area contributed by atoms with Crippen LogP contribution in [0.2, 0.25) is 0 Å². The quantitative estimate of drug-likeness (QED) is 0.188. The molecule has 0 atom stereocenters. The van der Waals surface area contributed by atoms with Gasteiger partial charge >= 0.3 is 0 Å². The lowest BCUT2D eigenvalue weighted by Crippen LogP contribution is -2.25. The summed E-state index contributed by atoms with van der Waals surface area (Å²) in [5.41, 5.74) is 11.5. The van der Waals surface area contributed by atoms with E-state index in [1.54, 1.807) is 0 Å². The van der Waals surface area contributed by atoms with Crippen LogP contribution in [0, 0.1) is 20.8 Å². The lowest BCUT2D eigenvalue weighted by Gasteiger charge is -2.27. The van der Waals surface area contributed by atoms with Crippen molar-refractivity contribution in [2.75, 3.05) is 0 Å². The molecule has 6 aromatic rings. The molecule has 0 aliphatic heterocycles. The fraction of sp³-hybridized carbons (Fsp3) is 0.0769. The zero-order valence-corrected chi connectivity index (χ0v) is 24.2. The molecule has 0 aromatic heterocycles. The second kappa shape index (κ2) is 11.5. The Hall–Kier alpha value is -4.25. The summed E-state index contributed by atoms with van der Waals surface area (Å²) in [6, 6.07) is 53.9. The van der Waals surface area contributed by atoms with Crippen molar-refractivity contribution in [2.45, 2.75) is 20.8 Å². The van der Waals surface area contributed by atoms with E-state index in [1.165, 1.54) is 66.0 Å². The number of benzene rings is 6. The minimum Gasteiger partial charge on any atom is -0.0616 e. The van der Waals surface area contributed by atoms with Gasteiger partial charge in [-0.15, -0.1) is 0 Å². The van der Waals surface area contributed by atoms with E-state index in [0.717, 1.165) is 0 Å². The van der Waals surface area contributed by atoms with Crippen molar-refractivity contribution in [1.82, 2.24) is 0 Å². The van der Waals surface area contributed by atoms with Crippen LogP contribution in [-0.4, -0.2) is 0 Å². The Morgan fingerprint density at radius 1 is 0.300 bits per heavy atom. The zero-order valence-electron chi connectivity index (χ0n) is 23.3. The summed E-state index contributed by atoms with van der Waals surface area (Å²) >= 11 is 0. The molecule has 6 rings (SSSR count). The summed E-state index contributed by atoms with van der Waals surface area (Å²) in [6.45, 7) is 6.45. The molecule has 0 aliphatic carbocycles. The van der Waals surface area contributed by atoms with Crippen LogP contribution in [0.25, 0.3) is 33.4 Å². The molecule has 0 saturated carbocycles. The summed E-state index contributed by atoms with van der Waals surface area (Å²) in [7, 11) is -0.902. The van der Waals surface area contributed by atoms with E-state index in [9.17, 15) is 0 Å². The monoisotopic (exact) mass is 532 g/mol. The molecular weight excluding hydrogens is 499 g/mol. The Balaban J connectivity index is 1.64. The van der Waals surface area contributed by atoms with Gasteiger partial charge in [0.1, 0.15) is 0 Å². The van der Waals surface area contributed by atoms with E-state index in [0.29, 0.717) is 0 Å². The molecule has 0 saturated heterocycles. The smallest absolute Gasteiger partial charge is 0.00722 e. The predicted molar refractivity (Wildman–Crippen MR) is 176 cm³/mol. The van der Waals surface area contributed by atoms with E-state index in [-0.39, 0.29) is 0 Å². The van der Waals surface area contributed by atoms with Crippen LogP contribution in [0.1, 0.15) is 16.7 Å². The van der Waals surface area contributed by atoms with Crippen molar-refractivity contribution in [2.24, 2.45) is 0 Å². The molecule has 0 amide bonds. The topological polar surface area (TPSA) is 0 Å². The maximum atomic E-state index is 2.35. The molecule has 0 N–H and O–H groups in total. The fourth-order valence-electron chi connectivity index (χ4n) is 5.33. The first-order valence-corrected chi connectivity index (χ1v) is 15.2. The van der Waals surface area contributed by atoms with Crippen molar-refractivity contribution >= 4 is 23.8 Å². The number of aryl methyl sites for hydroxylation is 3. The van der Waals surface area contributed by atoms with Gasteiger partial charge in [-0.05, 0) is 78.0 Å². The molecule has 0 bridgehead atoms. The van der Waals surface area contributed by atoms with Gasteiger partial charge in [-0.1, -0.05) is 162 Å². The minimum absolute atomic E-state index is 0.902. The van der Waals surface area contributed by atoms with Gasteiger partial charge < -0.3 is 0 Å². The number of hydrogen-bond acceptors (Lipinski definition) is 0. The van der Waals surface area contributed by atoms with Crippen LogP contribution >= 0.6 is 7.92 Å². The van der Waals surface area contributed by atoms with Gasteiger partial charge in [-0.2, -0.15) is 0 Å². The SMILES string of the molecule is Cc1ccc(-c2ccccc2P(c2ccccc2-c2ccc(C)cc2)c2ccccc2-c2ccc(C)cc2)cc1. The third-order valence-corrected chi connectivity index (χ3v) is 10.1. The number of hydrogen-bond donors (Lipinski definition) is 0. The van der Waals surface area contributed by atoms with Crippen molar-refractivity contribution in [3.05, 3.63) is 162 Å². The van der Waals surface area contributed by atoms with Crippen molar-refractivity contribution in [3.8, 4) is 33.4 Å². The van der Waals surface area contributed by atoms with Gasteiger partial charge in [0.15, 0.2) is 0 Å². The Bertz CT molecular complexity index is 1530.